The molecule has 3 heterocycles. The van der Waals surface area contributed by atoms with Crippen LogP contribution in [-0.4, -0.2) is 26.3 Å². The van der Waals surface area contributed by atoms with Crippen LogP contribution in [0.4, 0.5) is 5.13 Å². The maximum absolute atomic E-state index is 12.7. The molecule has 6 nitrogen and oxygen atoms in total. The predicted molar refractivity (Wildman–Crippen MR) is 99.1 cm³/mol. The first-order valence-corrected chi connectivity index (χ1v) is 9.14. The Bertz CT molecular complexity index is 959. The Morgan fingerprint density at radius 3 is 2.88 bits per heavy atom. The smallest absolute Gasteiger partial charge is 0.249 e. The largest absolute Gasteiger partial charge is 0.392 e. The van der Waals surface area contributed by atoms with Crippen molar-refractivity contribution < 1.29 is 14.7 Å². The minimum atomic E-state index is -0.395. The lowest BCUT2D eigenvalue weighted by molar-refractivity contribution is -0.119. The van der Waals surface area contributed by atoms with Gasteiger partial charge < -0.3 is 15.0 Å². The van der Waals surface area contributed by atoms with E-state index in [-0.39, 0.29) is 18.3 Å². The number of benzene rings is 1. The van der Waals surface area contributed by atoms with Gasteiger partial charge in [0.05, 0.1) is 17.2 Å². The van der Waals surface area contributed by atoms with Gasteiger partial charge in [0.25, 0.3) is 0 Å². The molecule has 0 saturated heterocycles. The van der Waals surface area contributed by atoms with Crippen molar-refractivity contribution >= 4 is 28.2 Å². The first-order chi connectivity index (χ1) is 12.7. The van der Waals surface area contributed by atoms with Crippen molar-refractivity contribution in [3.8, 4) is 10.4 Å². The quantitative estimate of drug-likeness (QED) is 0.741. The second-order valence-corrected chi connectivity index (χ2v) is 7.18. The van der Waals surface area contributed by atoms with E-state index < -0.39 is 6.04 Å². The lowest BCUT2D eigenvalue weighted by atomic mass is 10.0. The van der Waals surface area contributed by atoms with Crippen LogP contribution in [-0.2, 0) is 11.4 Å². The van der Waals surface area contributed by atoms with Crippen LogP contribution >= 0.6 is 11.3 Å². The number of amides is 1. The number of thiazole rings is 1. The van der Waals surface area contributed by atoms with E-state index in [1.165, 1.54) is 11.3 Å². The molecule has 26 heavy (non-hydrogen) atoms. The topological polar surface area (TPSA) is 84.2 Å². The van der Waals surface area contributed by atoms with E-state index in [0.717, 1.165) is 16.0 Å². The SMILES string of the molecule is O=C1CCC(C(=O)Nc2ncc(-c3ccc(CO)cc3)s2)n2cccc21. The normalized spacial score (nSPS) is 16.3. The fraction of sp³-hybridized carbons (Fsp3) is 0.211. The lowest BCUT2D eigenvalue weighted by Gasteiger charge is -2.24. The highest BCUT2D eigenvalue weighted by Crippen LogP contribution is 2.31. The summed E-state index contributed by atoms with van der Waals surface area (Å²) in [7, 11) is 0. The van der Waals surface area contributed by atoms with Crippen molar-refractivity contribution in [2.75, 3.05) is 5.32 Å². The average Bonchev–Trinajstić information content (AvgIpc) is 3.32. The van der Waals surface area contributed by atoms with Crippen molar-refractivity contribution in [1.29, 1.82) is 0 Å². The van der Waals surface area contributed by atoms with Gasteiger partial charge in [0.2, 0.25) is 5.91 Å². The molecule has 132 valence electrons. The number of fused-ring (bicyclic) bond motifs is 1. The summed E-state index contributed by atoms with van der Waals surface area (Å²) in [6.07, 6.45) is 4.36. The summed E-state index contributed by atoms with van der Waals surface area (Å²) in [6, 6.07) is 10.7. The number of aliphatic hydroxyl groups excluding tert-OH is 1. The molecule has 2 aromatic heterocycles. The van der Waals surface area contributed by atoms with Crippen molar-refractivity contribution in [2.45, 2.75) is 25.5 Å². The van der Waals surface area contributed by atoms with Crippen LogP contribution < -0.4 is 5.32 Å². The summed E-state index contributed by atoms with van der Waals surface area (Å²) in [6.45, 7) is 0.00947. The van der Waals surface area contributed by atoms with E-state index in [9.17, 15) is 9.59 Å². The molecule has 3 aromatic rings. The van der Waals surface area contributed by atoms with Gasteiger partial charge in [-0.3, -0.25) is 9.59 Å². The Morgan fingerprint density at radius 1 is 1.31 bits per heavy atom. The van der Waals surface area contributed by atoms with Crippen molar-refractivity contribution in [3.63, 3.8) is 0 Å². The molecule has 0 spiro atoms. The highest BCUT2D eigenvalue weighted by molar-refractivity contribution is 7.19. The number of aromatic nitrogens is 2. The van der Waals surface area contributed by atoms with Crippen LogP contribution in [0.2, 0.25) is 0 Å². The van der Waals surface area contributed by atoms with Crippen LogP contribution in [0.5, 0.6) is 0 Å². The van der Waals surface area contributed by atoms with Crippen LogP contribution in [0.25, 0.3) is 10.4 Å². The van der Waals surface area contributed by atoms with Gasteiger partial charge in [-0.05, 0) is 29.7 Å². The minimum Gasteiger partial charge on any atom is -0.392 e. The Balaban J connectivity index is 1.50. The Labute approximate surface area is 154 Å². The van der Waals surface area contributed by atoms with Crippen molar-refractivity contribution in [3.05, 3.63) is 60.0 Å². The molecule has 1 amide bonds. The summed E-state index contributed by atoms with van der Waals surface area (Å²) in [5.41, 5.74) is 2.41. The lowest BCUT2D eigenvalue weighted by Crippen LogP contribution is -2.31. The van der Waals surface area contributed by atoms with Gasteiger partial charge in [0, 0.05) is 18.8 Å². The fourth-order valence-electron chi connectivity index (χ4n) is 3.12. The Morgan fingerprint density at radius 2 is 2.12 bits per heavy atom. The third-order valence-corrected chi connectivity index (χ3v) is 5.47. The minimum absolute atomic E-state index is 0.00947. The van der Waals surface area contributed by atoms with Gasteiger partial charge in [-0.15, -0.1) is 0 Å². The van der Waals surface area contributed by atoms with Crippen molar-refractivity contribution in [2.24, 2.45) is 0 Å². The summed E-state index contributed by atoms with van der Waals surface area (Å²) in [5.74, 6) is -0.0895. The third kappa shape index (κ3) is 3.07. The molecule has 1 aliphatic heterocycles. The molecule has 4 rings (SSSR count). The summed E-state index contributed by atoms with van der Waals surface area (Å²) >= 11 is 1.39. The van der Waals surface area contributed by atoms with Gasteiger partial charge in [0.1, 0.15) is 6.04 Å². The molecule has 0 radical (unpaired) electrons. The number of nitrogens with one attached hydrogen (secondary N) is 1. The van der Waals surface area contributed by atoms with Gasteiger partial charge in [0.15, 0.2) is 10.9 Å². The second kappa shape index (κ2) is 6.86. The number of anilines is 1. The van der Waals surface area contributed by atoms with Crippen LogP contribution in [0.3, 0.4) is 0 Å². The fourth-order valence-corrected chi connectivity index (χ4v) is 3.95. The molecule has 7 heteroatoms. The number of carbonyl (C=O) groups excluding carboxylic acids is 2. The van der Waals surface area contributed by atoms with E-state index in [4.69, 9.17) is 5.11 Å². The van der Waals surface area contributed by atoms with Crippen LogP contribution in [0.1, 0.15) is 34.9 Å². The first kappa shape index (κ1) is 16.7. The first-order valence-electron chi connectivity index (χ1n) is 8.32. The standard InChI is InChI=1S/C19H17N3O3S/c23-11-12-3-5-13(6-4-12)17-10-20-19(26-17)21-18(25)15-7-8-16(24)14-2-1-9-22(14)15/h1-6,9-10,15,23H,7-8,11H2,(H,20,21,25). The second-order valence-electron chi connectivity index (χ2n) is 6.15. The maximum Gasteiger partial charge on any atom is 0.249 e. The Kier molecular flexibility index (Phi) is 4.40. The molecular weight excluding hydrogens is 350 g/mol. The number of Topliss-reactive ketones (excluding diaryl/α,β-unsaturated/α-hetero) is 1. The van der Waals surface area contributed by atoms with Gasteiger partial charge in [-0.2, -0.15) is 0 Å². The summed E-state index contributed by atoms with van der Waals surface area (Å²) in [4.78, 5) is 29.8. The van der Waals surface area contributed by atoms with E-state index in [2.05, 4.69) is 10.3 Å². The molecule has 0 bridgehead atoms. The number of hydrogen-bond acceptors (Lipinski definition) is 5. The monoisotopic (exact) mass is 367 g/mol. The van der Waals surface area contributed by atoms with E-state index >= 15 is 0 Å². The molecule has 2 N–H and O–H groups in total. The van der Waals surface area contributed by atoms with Crippen LogP contribution in [0, 0.1) is 0 Å². The molecule has 1 atom stereocenters. The van der Waals surface area contributed by atoms with Gasteiger partial charge >= 0.3 is 0 Å². The zero-order valence-electron chi connectivity index (χ0n) is 13.9. The predicted octanol–water partition coefficient (Wildman–Crippen LogP) is 3.26. The number of ketones is 1. The van der Waals surface area contributed by atoms with E-state index in [1.54, 1.807) is 29.1 Å². The molecule has 1 aromatic carbocycles. The van der Waals surface area contributed by atoms with E-state index in [1.807, 2.05) is 24.3 Å². The van der Waals surface area contributed by atoms with Crippen LogP contribution in [0.15, 0.2) is 48.8 Å². The highest BCUT2D eigenvalue weighted by atomic mass is 32.1. The average molecular weight is 367 g/mol. The van der Waals surface area contributed by atoms with Crippen molar-refractivity contribution in [1.82, 2.24) is 9.55 Å². The molecule has 1 unspecified atom stereocenters. The summed E-state index contributed by atoms with van der Waals surface area (Å²) < 4.78 is 1.74. The molecule has 0 aliphatic carbocycles. The third-order valence-electron chi connectivity index (χ3n) is 4.50. The number of aliphatic hydroxyl groups is 1. The highest BCUT2D eigenvalue weighted by Gasteiger charge is 2.29. The van der Waals surface area contributed by atoms with E-state index in [0.29, 0.717) is 23.7 Å². The zero-order chi connectivity index (χ0) is 18.1. The molecule has 0 saturated carbocycles. The van der Waals surface area contributed by atoms with Gasteiger partial charge in [-0.1, -0.05) is 35.6 Å². The molecular formula is C19H17N3O3S. The van der Waals surface area contributed by atoms with Gasteiger partial charge in [-0.25, -0.2) is 4.98 Å². The number of rotatable bonds is 4. The number of hydrogen-bond donors (Lipinski definition) is 2. The number of nitrogens with zero attached hydrogens (tertiary/aromatic N) is 2. The summed E-state index contributed by atoms with van der Waals surface area (Å²) in [5, 5.41) is 12.5. The molecule has 1 aliphatic rings. The zero-order valence-corrected chi connectivity index (χ0v) is 14.7. The molecule has 0 fully saturated rings. The Hall–Kier alpha value is -2.77. The maximum atomic E-state index is 12.7. The number of carbonyl (C=O) groups is 2.